The zero-order chi connectivity index (χ0) is 16.8. The van der Waals surface area contributed by atoms with Crippen LogP contribution in [0.25, 0.3) is 0 Å². The highest BCUT2D eigenvalue weighted by molar-refractivity contribution is 5.93. The number of carbonyl (C=O) groups is 4. The summed E-state index contributed by atoms with van der Waals surface area (Å²) < 4.78 is 4.32. The SMILES string of the molecule is CC(C)C[C@H](N)C(=O)OC(=O)CC(O)(CC(=O)O)C(=O)O. The van der Waals surface area contributed by atoms with Crippen LogP contribution in [0.1, 0.15) is 33.1 Å². The van der Waals surface area contributed by atoms with E-state index in [1.165, 1.54) is 0 Å². The minimum absolute atomic E-state index is 0.0746. The Bertz CT molecular complexity index is 433. The molecule has 9 nitrogen and oxygen atoms in total. The molecule has 0 saturated heterocycles. The summed E-state index contributed by atoms with van der Waals surface area (Å²) in [4.78, 5) is 44.2. The number of carbonyl (C=O) groups excluding carboxylic acids is 2. The molecule has 0 aromatic carbocycles. The first kappa shape index (κ1) is 19.0. The Balaban J connectivity index is 4.69. The lowest BCUT2D eigenvalue weighted by molar-refractivity contribution is -0.175. The molecule has 0 spiro atoms. The van der Waals surface area contributed by atoms with Crippen LogP contribution in [0, 0.1) is 5.92 Å². The number of carboxylic acids is 2. The second kappa shape index (κ2) is 7.70. The quantitative estimate of drug-likeness (QED) is 0.329. The van der Waals surface area contributed by atoms with Gasteiger partial charge in [0.1, 0.15) is 6.04 Å². The highest BCUT2D eigenvalue weighted by Gasteiger charge is 2.42. The third-order valence-corrected chi connectivity index (χ3v) is 2.52. The summed E-state index contributed by atoms with van der Waals surface area (Å²) in [5.74, 6) is -5.86. The van der Waals surface area contributed by atoms with Crippen molar-refractivity contribution in [1.82, 2.24) is 0 Å². The zero-order valence-electron chi connectivity index (χ0n) is 11.7. The van der Waals surface area contributed by atoms with E-state index in [1.807, 2.05) is 0 Å². The Labute approximate surface area is 120 Å². The number of rotatable bonds is 8. The van der Waals surface area contributed by atoms with Crippen molar-refractivity contribution in [2.45, 2.75) is 44.8 Å². The van der Waals surface area contributed by atoms with Gasteiger partial charge in [0.25, 0.3) is 0 Å². The smallest absolute Gasteiger partial charge is 0.336 e. The summed E-state index contributed by atoms with van der Waals surface area (Å²) >= 11 is 0. The number of aliphatic carboxylic acids is 2. The van der Waals surface area contributed by atoms with Crippen LogP contribution in [0.2, 0.25) is 0 Å². The summed E-state index contributed by atoms with van der Waals surface area (Å²) in [6, 6.07) is -1.06. The molecule has 0 aromatic heterocycles. The predicted octanol–water partition coefficient (Wildman–Crippen LogP) is -0.890. The minimum atomic E-state index is -2.84. The predicted molar refractivity (Wildman–Crippen MR) is 68.0 cm³/mol. The van der Waals surface area contributed by atoms with Crippen LogP contribution in [0.5, 0.6) is 0 Å². The van der Waals surface area contributed by atoms with Crippen molar-refractivity contribution < 1.29 is 39.2 Å². The van der Waals surface area contributed by atoms with E-state index in [0.29, 0.717) is 0 Å². The summed E-state index contributed by atoms with van der Waals surface area (Å²) in [6.07, 6.45) is -2.12. The van der Waals surface area contributed by atoms with Gasteiger partial charge in [-0.15, -0.1) is 0 Å². The Kier molecular flexibility index (Phi) is 6.96. The molecular formula is C12H19NO8. The maximum Gasteiger partial charge on any atom is 0.336 e. The van der Waals surface area contributed by atoms with Gasteiger partial charge in [-0.2, -0.15) is 0 Å². The highest BCUT2D eigenvalue weighted by atomic mass is 16.6. The first-order valence-corrected chi connectivity index (χ1v) is 6.15. The third-order valence-electron chi connectivity index (χ3n) is 2.52. The van der Waals surface area contributed by atoms with Gasteiger partial charge in [-0.05, 0) is 12.3 Å². The molecule has 0 bridgehead atoms. The molecular weight excluding hydrogens is 286 g/mol. The molecule has 0 aliphatic heterocycles. The molecule has 1 unspecified atom stereocenters. The van der Waals surface area contributed by atoms with Crippen molar-refractivity contribution in [2.75, 3.05) is 0 Å². The van der Waals surface area contributed by atoms with Gasteiger partial charge in [-0.3, -0.25) is 9.59 Å². The Morgan fingerprint density at radius 3 is 2.05 bits per heavy atom. The highest BCUT2D eigenvalue weighted by Crippen LogP contribution is 2.17. The van der Waals surface area contributed by atoms with E-state index in [0.717, 1.165) is 0 Å². The van der Waals surface area contributed by atoms with Crippen molar-refractivity contribution in [1.29, 1.82) is 0 Å². The zero-order valence-corrected chi connectivity index (χ0v) is 11.7. The lowest BCUT2D eigenvalue weighted by Gasteiger charge is -2.20. The van der Waals surface area contributed by atoms with Gasteiger partial charge in [-0.1, -0.05) is 13.8 Å². The molecule has 0 radical (unpaired) electrons. The Morgan fingerprint density at radius 2 is 1.67 bits per heavy atom. The van der Waals surface area contributed by atoms with Crippen molar-refractivity contribution >= 4 is 23.9 Å². The number of hydrogen-bond acceptors (Lipinski definition) is 7. The number of ether oxygens (including phenoxy) is 1. The largest absolute Gasteiger partial charge is 0.481 e. The van der Waals surface area contributed by atoms with Crippen molar-refractivity contribution in [3.05, 3.63) is 0 Å². The van der Waals surface area contributed by atoms with E-state index in [4.69, 9.17) is 15.9 Å². The Hall–Kier alpha value is -2.00. The molecule has 0 amide bonds. The molecule has 0 heterocycles. The van der Waals surface area contributed by atoms with E-state index < -0.39 is 48.4 Å². The van der Waals surface area contributed by atoms with Gasteiger partial charge in [0, 0.05) is 0 Å². The fourth-order valence-electron chi connectivity index (χ4n) is 1.53. The fourth-order valence-corrected chi connectivity index (χ4v) is 1.53. The molecule has 0 aromatic rings. The van der Waals surface area contributed by atoms with Crippen LogP contribution in [0.15, 0.2) is 0 Å². The molecule has 0 aliphatic rings. The van der Waals surface area contributed by atoms with Gasteiger partial charge in [0.15, 0.2) is 5.60 Å². The average molecular weight is 305 g/mol. The van der Waals surface area contributed by atoms with Gasteiger partial charge in [0.05, 0.1) is 12.8 Å². The molecule has 21 heavy (non-hydrogen) atoms. The lowest BCUT2D eigenvalue weighted by atomic mass is 9.96. The second-order valence-corrected chi connectivity index (χ2v) is 5.11. The molecule has 2 atom stereocenters. The lowest BCUT2D eigenvalue weighted by Crippen LogP contribution is -2.44. The maximum absolute atomic E-state index is 11.5. The summed E-state index contributed by atoms with van der Waals surface area (Å²) in [5.41, 5.74) is 2.63. The van der Waals surface area contributed by atoms with E-state index in [9.17, 15) is 24.3 Å². The summed E-state index contributed by atoms with van der Waals surface area (Å²) in [6.45, 7) is 3.59. The number of esters is 2. The van der Waals surface area contributed by atoms with E-state index >= 15 is 0 Å². The van der Waals surface area contributed by atoms with Crippen LogP contribution in [0.4, 0.5) is 0 Å². The van der Waals surface area contributed by atoms with Crippen LogP contribution < -0.4 is 5.73 Å². The average Bonchev–Trinajstić information content (AvgIpc) is 2.25. The molecule has 0 fully saturated rings. The summed E-state index contributed by atoms with van der Waals surface area (Å²) in [7, 11) is 0. The van der Waals surface area contributed by atoms with Crippen LogP contribution >= 0.6 is 0 Å². The van der Waals surface area contributed by atoms with Crippen molar-refractivity contribution in [3.63, 3.8) is 0 Å². The van der Waals surface area contributed by atoms with Crippen LogP contribution in [0.3, 0.4) is 0 Å². The van der Waals surface area contributed by atoms with Gasteiger partial charge >= 0.3 is 23.9 Å². The van der Waals surface area contributed by atoms with E-state index in [1.54, 1.807) is 13.8 Å². The summed E-state index contributed by atoms with van der Waals surface area (Å²) in [5, 5.41) is 26.9. The van der Waals surface area contributed by atoms with Crippen molar-refractivity contribution in [2.24, 2.45) is 11.7 Å². The normalized spacial score (nSPS) is 15.1. The third kappa shape index (κ3) is 6.82. The number of hydrogen-bond donors (Lipinski definition) is 4. The Morgan fingerprint density at radius 1 is 1.14 bits per heavy atom. The topological polar surface area (TPSA) is 164 Å². The van der Waals surface area contributed by atoms with E-state index in [-0.39, 0.29) is 12.3 Å². The first-order valence-electron chi connectivity index (χ1n) is 6.15. The molecule has 0 saturated carbocycles. The van der Waals surface area contributed by atoms with Crippen LogP contribution in [-0.4, -0.2) is 50.8 Å². The number of aliphatic hydroxyl groups is 1. The van der Waals surface area contributed by atoms with Gasteiger partial charge in [0.2, 0.25) is 0 Å². The second-order valence-electron chi connectivity index (χ2n) is 5.11. The van der Waals surface area contributed by atoms with Crippen LogP contribution in [-0.2, 0) is 23.9 Å². The fraction of sp³-hybridized carbons (Fsp3) is 0.667. The van der Waals surface area contributed by atoms with Gasteiger partial charge < -0.3 is 25.8 Å². The van der Waals surface area contributed by atoms with Crippen molar-refractivity contribution in [3.8, 4) is 0 Å². The number of nitrogens with two attached hydrogens (primary N) is 1. The number of carboxylic acid groups (broad SMARTS) is 2. The molecule has 0 rings (SSSR count). The monoisotopic (exact) mass is 305 g/mol. The minimum Gasteiger partial charge on any atom is -0.481 e. The maximum atomic E-state index is 11.5. The first-order chi connectivity index (χ1) is 9.47. The van der Waals surface area contributed by atoms with Gasteiger partial charge in [-0.25, -0.2) is 9.59 Å². The van der Waals surface area contributed by atoms with E-state index in [2.05, 4.69) is 4.74 Å². The molecule has 9 heteroatoms. The molecule has 120 valence electrons. The molecule has 5 N–H and O–H groups in total. The standard InChI is InChI=1S/C12H19NO8/c1-6(2)3-7(13)10(17)21-9(16)5-12(20,11(18)19)4-8(14)15/h6-7,20H,3-5,13H2,1-2H3,(H,14,15)(H,18,19)/t7-,12?/m0/s1. The molecule has 0 aliphatic carbocycles.